The predicted octanol–water partition coefficient (Wildman–Crippen LogP) is 2.48. The van der Waals surface area contributed by atoms with Crippen LogP contribution in [0.5, 0.6) is 0 Å². The lowest BCUT2D eigenvalue weighted by molar-refractivity contribution is 0.615. The van der Waals surface area contributed by atoms with E-state index in [0.717, 1.165) is 28.9 Å². The molecule has 1 atom stereocenters. The highest BCUT2D eigenvalue weighted by atomic mass is 79.9. The van der Waals surface area contributed by atoms with Crippen LogP contribution in [0.2, 0.25) is 0 Å². The van der Waals surface area contributed by atoms with Gasteiger partial charge in [0.15, 0.2) is 5.82 Å². The SMILES string of the molecule is CCC1CNc2cc(Br)cnc2N1C. The standard InChI is InChI=1S/C10H14BrN3/c1-3-8-6-12-9-4-7(11)5-13-10(9)14(8)2/h4-5,8,12H,3,6H2,1-2H3. The molecule has 0 aromatic carbocycles. The summed E-state index contributed by atoms with van der Waals surface area (Å²) in [6.07, 6.45) is 2.98. The van der Waals surface area contributed by atoms with Crippen molar-refractivity contribution < 1.29 is 0 Å². The fraction of sp³-hybridized carbons (Fsp3) is 0.500. The van der Waals surface area contributed by atoms with Gasteiger partial charge < -0.3 is 10.2 Å². The number of hydrogen-bond acceptors (Lipinski definition) is 3. The Kier molecular flexibility index (Phi) is 2.63. The Labute approximate surface area is 92.6 Å². The van der Waals surface area contributed by atoms with E-state index in [1.54, 1.807) is 0 Å². The van der Waals surface area contributed by atoms with E-state index < -0.39 is 0 Å². The molecular formula is C10H14BrN3. The summed E-state index contributed by atoms with van der Waals surface area (Å²) in [4.78, 5) is 6.66. The zero-order valence-corrected chi connectivity index (χ0v) is 10.0. The van der Waals surface area contributed by atoms with E-state index in [2.05, 4.69) is 51.2 Å². The van der Waals surface area contributed by atoms with Crippen LogP contribution in [0.3, 0.4) is 0 Å². The summed E-state index contributed by atoms with van der Waals surface area (Å²) in [5, 5.41) is 3.40. The first-order valence-electron chi connectivity index (χ1n) is 4.84. The number of nitrogens with zero attached hydrogens (tertiary/aromatic N) is 2. The van der Waals surface area contributed by atoms with E-state index in [0.29, 0.717) is 6.04 Å². The minimum atomic E-state index is 0.552. The summed E-state index contributed by atoms with van der Waals surface area (Å²) in [5.74, 6) is 1.05. The van der Waals surface area contributed by atoms with Crippen molar-refractivity contribution in [3.63, 3.8) is 0 Å². The van der Waals surface area contributed by atoms with Gasteiger partial charge in [0.2, 0.25) is 0 Å². The van der Waals surface area contributed by atoms with E-state index in [9.17, 15) is 0 Å². The molecule has 1 aliphatic heterocycles. The maximum atomic E-state index is 4.41. The molecule has 1 aromatic heterocycles. The molecule has 1 unspecified atom stereocenters. The number of anilines is 2. The van der Waals surface area contributed by atoms with E-state index in [-0.39, 0.29) is 0 Å². The smallest absolute Gasteiger partial charge is 0.152 e. The van der Waals surface area contributed by atoms with Crippen molar-refractivity contribution in [2.24, 2.45) is 0 Å². The van der Waals surface area contributed by atoms with Crippen LogP contribution in [-0.4, -0.2) is 24.6 Å². The minimum Gasteiger partial charge on any atom is -0.380 e. The van der Waals surface area contributed by atoms with Crippen LogP contribution >= 0.6 is 15.9 Å². The van der Waals surface area contributed by atoms with Gasteiger partial charge in [0.25, 0.3) is 0 Å². The number of rotatable bonds is 1. The number of halogens is 1. The van der Waals surface area contributed by atoms with E-state index in [1.165, 1.54) is 0 Å². The summed E-state index contributed by atoms with van der Waals surface area (Å²) < 4.78 is 1.02. The Morgan fingerprint density at radius 3 is 3.21 bits per heavy atom. The molecule has 2 rings (SSSR count). The lowest BCUT2D eigenvalue weighted by Crippen LogP contribution is -2.41. The van der Waals surface area contributed by atoms with Crippen molar-refractivity contribution in [1.29, 1.82) is 0 Å². The van der Waals surface area contributed by atoms with Crippen molar-refractivity contribution in [3.8, 4) is 0 Å². The van der Waals surface area contributed by atoms with Gasteiger partial charge in [0.1, 0.15) is 0 Å². The second-order valence-corrected chi connectivity index (χ2v) is 4.49. The quantitative estimate of drug-likeness (QED) is 0.836. The normalized spacial score (nSPS) is 20.2. The monoisotopic (exact) mass is 255 g/mol. The van der Waals surface area contributed by atoms with Gasteiger partial charge in [-0.2, -0.15) is 0 Å². The Bertz CT molecular complexity index is 340. The highest BCUT2D eigenvalue weighted by Gasteiger charge is 2.22. The largest absolute Gasteiger partial charge is 0.380 e. The van der Waals surface area contributed by atoms with Gasteiger partial charge in [-0.25, -0.2) is 4.98 Å². The topological polar surface area (TPSA) is 28.2 Å². The average molecular weight is 256 g/mol. The molecule has 0 saturated heterocycles. The predicted molar refractivity (Wildman–Crippen MR) is 62.9 cm³/mol. The zero-order valence-electron chi connectivity index (χ0n) is 8.42. The molecule has 14 heavy (non-hydrogen) atoms. The van der Waals surface area contributed by atoms with Gasteiger partial charge in [-0.05, 0) is 28.4 Å². The fourth-order valence-electron chi connectivity index (χ4n) is 1.80. The fourth-order valence-corrected chi connectivity index (χ4v) is 2.13. The van der Waals surface area contributed by atoms with Crippen molar-refractivity contribution in [2.45, 2.75) is 19.4 Å². The maximum absolute atomic E-state index is 4.41. The summed E-state index contributed by atoms with van der Waals surface area (Å²) in [6, 6.07) is 2.63. The molecule has 2 heterocycles. The molecule has 0 radical (unpaired) electrons. The lowest BCUT2D eigenvalue weighted by Gasteiger charge is -2.35. The van der Waals surface area contributed by atoms with Crippen LogP contribution in [0.25, 0.3) is 0 Å². The van der Waals surface area contributed by atoms with Crippen LogP contribution in [0.4, 0.5) is 11.5 Å². The molecular weight excluding hydrogens is 242 g/mol. The molecule has 3 nitrogen and oxygen atoms in total. The molecule has 0 bridgehead atoms. The van der Waals surface area contributed by atoms with Gasteiger partial charge in [0.05, 0.1) is 5.69 Å². The average Bonchev–Trinajstić information content (AvgIpc) is 2.18. The van der Waals surface area contributed by atoms with Gasteiger partial charge in [-0.1, -0.05) is 6.92 Å². The summed E-state index contributed by atoms with van der Waals surface area (Å²) in [6.45, 7) is 3.20. The van der Waals surface area contributed by atoms with E-state index >= 15 is 0 Å². The molecule has 1 N–H and O–H groups in total. The number of likely N-dealkylation sites (N-methyl/N-ethyl adjacent to an activating group) is 1. The second-order valence-electron chi connectivity index (χ2n) is 3.58. The molecule has 0 amide bonds. The van der Waals surface area contributed by atoms with Gasteiger partial charge in [0, 0.05) is 30.3 Å². The summed E-state index contributed by atoms with van der Waals surface area (Å²) in [7, 11) is 2.11. The first-order valence-corrected chi connectivity index (χ1v) is 5.64. The Balaban J connectivity index is 2.36. The Morgan fingerprint density at radius 2 is 2.50 bits per heavy atom. The molecule has 0 saturated carbocycles. The van der Waals surface area contributed by atoms with Gasteiger partial charge >= 0.3 is 0 Å². The Hall–Kier alpha value is -0.770. The molecule has 0 aliphatic carbocycles. The van der Waals surface area contributed by atoms with E-state index in [1.807, 2.05) is 6.20 Å². The molecule has 1 aliphatic rings. The molecule has 4 heteroatoms. The van der Waals surface area contributed by atoms with Crippen LogP contribution in [0.1, 0.15) is 13.3 Å². The molecule has 0 spiro atoms. The molecule has 76 valence electrons. The summed E-state index contributed by atoms with van der Waals surface area (Å²) >= 11 is 3.42. The molecule has 1 aromatic rings. The first kappa shape index (κ1) is 9.77. The maximum Gasteiger partial charge on any atom is 0.152 e. The van der Waals surface area contributed by atoms with Crippen molar-refractivity contribution in [1.82, 2.24) is 4.98 Å². The number of nitrogens with one attached hydrogen (secondary N) is 1. The minimum absolute atomic E-state index is 0.552. The highest BCUT2D eigenvalue weighted by molar-refractivity contribution is 9.10. The number of hydrogen-bond donors (Lipinski definition) is 1. The third-order valence-corrected chi connectivity index (χ3v) is 3.15. The van der Waals surface area contributed by atoms with Crippen LogP contribution in [0, 0.1) is 0 Å². The number of pyridine rings is 1. The molecule has 0 fully saturated rings. The Morgan fingerprint density at radius 1 is 1.71 bits per heavy atom. The first-order chi connectivity index (χ1) is 6.72. The second kappa shape index (κ2) is 3.77. The van der Waals surface area contributed by atoms with Crippen LogP contribution in [-0.2, 0) is 0 Å². The number of fused-ring (bicyclic) bond motifs is 1. The number of aromatic nitrogens is 1. The van der Waals surface area contributed by atoms with Crippen LogP contribution < -0.4 is 10.2 Å². The van der Waals surface area contributed by atoms with Gasteiger partial charge in [-0.3, -0.25) is 0 Å². The summed E-state index contributed by atoms with van der Waals surface area (Å²) in [5.41, 5.74) is 1.12. The van der Waals surface area contributed by atoms with Crippen molar-refractivity contribution in [2.75, 3.05) is 23.8 Å². The van der Waals surface area contributed by atoms with E-state index in [4.69, 9.17) is 0 Å². The third-order valence-electron chi connectivity index (χ3n) is 2.71. The highest BCUT2D eigenvalue weighted by Crippen LogP contribution is 2.30. The van der Waals surface area contributed by atoms with Crippen LogP contribution in [0.15, 0.2) is 16.7 Å². The zero-order chi connectivity index (χ0) is 10.1. The lowest BCUT2D eigenvalue weighted by atomic mass is 10.1. The van der Waals surface area contributed by atoms with Crippen molar-refractivity contribution >= 4 is 27.4 Å². The van der Waals surface area contributed by atoms with Crippen molar-refractivity contribution in [3.05, 3.63) is 16.7 Å². The van der Waals surface area contributed by atoms with Gasteiger partial charge in [-0.15, -0.1) is 0 Å². The third kappa shape index (κ3) is 1.59.